The van der Waals surface area contributed by atoms with Crippen LogP contribution in [-0.2, 0) is 13.0 Å². The molecule has 1 aliphatic rings. The molecule has 118 valence electrons. The maximum absolute atomic E-state index is 14.1. The highest BCUT2D eigenvalue weighted by Gasteiger charge is 2.22. The van der Waals surface area contributed by atoms with Crippen LogP contribution in [0.1, 0.15) is 16.1 Å². The van der Waals surface area contributed by atoms with Gasteiger partial charge in [0.2, 0.25) is 0 Å². The molecule has 0 aliphatic carbocycles. The van der Waals surface area contributed by atoms with Crippen LogP contribution in [0, 0.1) is 12.7 Å². The van der Waals surface area contributed by atoms with Crippen LogP contribution in [0.5, 0.6) is 0 Å². The van der Waals surface area contributed by atoms with E-state index in [1.165, 1.54) is 27.9 Å². The molecule has 1 aliphatic heterocycles. The van der Waals surface area contributed by atoms with Crippen molar-refractivity contribution < 1.29 is 4.39 Å². The van der Waals surface area contributed by atoms with Crippen LogP contribution in [0.4, 0.5) is 10.1 Å². The molecule has 0 fully saturated rings. The minimum Gasteiger partial charge on any atom is -0.366 e. The maximum Gasteiger partial charge on any atom is 0.134 e. The summed E-state index contributed by atoms with van der Waals surface area (Å²) in [6.07, 6.45) is 0.927. The summed E-state index contributed by atoms with van der Waals surface area (Å²) < 4.78 is 14.1. The summed E-state index contributed by atoms with van der Waals surface area (Å²) >= 11 is 7.96. The molecule has 0 spiro atoms. The zero-order valence-electron chi connectivity index (χ0n) is 12.7. The summed E-state index contributed by atoms with van der Waals surface area (Å²) in [5, 5.41) is 2.57. The van der Waals surface area contributed by atoms with Crippen LogP contribution in [0.3, 0.4) is 0 Å². The molecule has 1 N–H and O–H groups in total. The van der Waals surface area contributed by atoms with Crippen molar-refractivity contribution in [1.82, 2.24) is 4.98 Å². The standard InChI is InChI=1S/C18H16ClFN2S/c1-11-17(6-8-23-11)22-7-5-15-12(10-22)9-16(21-15)18-13(19)3-2-4-14(18)20/h2-4,6,8-9,21H,5,7,10H2,1H3. The van der Waals surface area contributed by atoms with E-state index in [0.29, 0.717) is 10.6 Å². The second-order valence-corrected chi connectivity index (χ2v) is 7.34. The molecule has 0 amide bonds. The highest BCUT2D eigenvalue weighted by molar-refractivity contribution is 7.10. The molecule has 0 atom stereocenters. The van der Waals surface area contributed by atoms with Gasteiger partial charge in [0.25, 0.3) is 0 Å². The number of aryl methyl sites for hydroxylation is 1. The molecule has 23 heavy (non-hydrogen) atoms. The van der Waals surface area contributed by atoms with Crippen LogP contribution in [0.2, 0.25) is 5.02 Å². The average molecular weight is 347 g/mol. The Morgan fingerprint density at radius 2 is 2.17 bits per heavy atom. The first-order chi connectivity index (χ1) is 11.1. The molecule has 1 aromatic carbocycles. The fourth-order valence-corrected chi connectivity index (χ4v) is 4.22. The van der Waals surface area contributed by atoms with Crippen LogP contribution in [0.25, 0.3) is 11.3 Å². The van der Waals surface area contributed by atoms with Crippen LogP contribution >= 0.6 is 22.9 Å². The van der Waals surface area contributed by atoms with E-state index in [-0.39, 0.29) is 5.82 Å². The molecule has 3 aromatic rings. The molecule has 0 saturated carbocycles. The number of hydrogen-bond acceptors (Lipinski definition) is 2. The minimum atomic E-state index is -0.290. The van der Waals surface area contributed by atoms with E-state index in [0.717, 1.165) is 25.2 Å². The number of anilines is 1. The molecule has 2 aromatic heterocycles. The molecule has 0 unspecified atom stereocenters. The summed E-state index contributed by atoms with van der Waals surface area (Å²) in [4.78, 5) is 7.08. The minimum absolute atomic E-state index is 0.290. The van der Waals surface area contributed by atoms with Gasteiger partial charge in [-0.15, -0.1) is 11.3 Å². The van der Waals surface area contributed by atoms with Gasteiger partial charge in [-0.05, 0) is 42.1 Å². The molecule has 3 heterocycles. The quantitative estimate of drug-likeness (QED) is 0.657. The number of aromatic amines is 1. The topological polar surface area (TPSA) is 19.0 Å². The number of nitrogens with one attached hydrogen (secondary N) is 1. The Kier molecular flexibility index (Phi) is 3.66. The van der Waals surface area contributed by atoms with Gasteiger partial charge in [-0.2, -0.15) is 0 Å². The SMILES string of the molecule is Cc1sccc1N1CCc2[nH]c(-c3c(F)cccc3Cl)cc2C1. The molecule has 4 rings (SSSR count). The Balaban J connectivity index is 1.69. The van der Waals surface area contributed by atoms with Gasteiger partial charge in [0.15, 0.2) is 0 Å². The average Bonchev–Trinajstić information content (AvgIpc) is 3.12. The third-order valence-corrected chi connectivity index (χ3v) is 5.54. The lowest BCUT2D eigenvalue weighted by atomic mass is 10.1. The van der Waals surface area contributed by atoms with Gasteiger partial charge in [0, 0.05) is 30.1 Å². The number of thiophene rings is 1. The van der Waals surface area contributed by atoms with Crippen molar-refractivity contribution in [1.29, 1.82) is 0 Å². The van der Waals surface area contributed by atoms with Gasteiger partial charge in [0.05, 0.1) is 22.0 Å². The number of H-pyrrole nitrogens is 1. The van der Waals surface area contributed by atoms with E-state index in [4.69, 9.17) is 11.6 Å². The fraction of sp³-hybridized carbons (Fsp3) is 0.222. The molecule has 5 heteroatoms. The Morgan fingerprint density at radius 1 is 1.30 bits per heavy atom. The first-order valence-electron chi connectivity index (χ1n) is 7.57. The molecule has 2 nitrogen and oxygen atoms in total. The van der Waals surface area contributed by atoms with Gasteiger partial charge in [-0.3, -0.25) is 0 Å². The first kappa shape index (κ1) is 14.8. The number of nitrogens with zero attached hydrogens (tertiary/aromatic N) is 1. The van der Waals surface area contributed by atoms with Crippen LogP contribution in [0.15, 0.2) is 35.7 Å². The number of benzene rings is 1. The lowest BCUT2D eigenvalue weighted by molar-refractivity contribution is 0.631. The van der Waals surface area contributed by atoms with Gasteiger partial charge in [-0.25, -0.2) is 4.39 Å². The fourth-order valence-electron chi connectivity index (χ4n) is 3.24. The Morgan fingerprint density at radius 3 is 2.91 bits per heavy atom. The Bertz CT molecular complexity index is 848. The molecule has 0 saturated heterocycles. The van der Waals surface area contributed by atoms with E-state index in [1.807, 2.05) is 6.07 Å². The third-order valence-electron chi connectivity index (χ3n) is 4.39. The van der Waals surface area contributed by atoms with Crippen LogP contribution < -0.4 is 4.90 Å². The van der Waals surface area contributed by atoms with Crippen molar-refractivity contribution in [3.63, 3.8) is 0 Å². The van der Waals surface area contributed by atoms with Crippen LogP contribution in [-0.4, -0.2) is 11.5 Å². The highest BCUT2D eigenvalue weighted by atomic mass is 35.5. The lowest BCUT2D eigenvalue weighted by Crippen LogP contribution is -2.29. The van der Waals surface area contributed by atoms with Crippen molar-refractivity contribution in [2.24, 2.45) is 0 Å². The first-order valence-corrected chi connectivity index (χ1v) is 8.83. The molecule has 0 radical (unpaired) electrons. The van der Waals surface area contributed by atoms with E-state index in [9.17, 15) is 4.39 Å². The van der Waals surface area contributed by atoms with E-state index < -0.39 is 0 Å². The summed E-state index contributed by atoms with van der Waals surface area (Å²) in [5.74, 6) is -0.290. The summed E-state index contributed by atoms with van der Waals surface area (Å²) in [6, 6.07) is 9.01. The van der Waals surface area contributed by atoms with E-state index >= 15 is 0 Å². The van der Waals surface area contributed by atoms with Crippen molar-refractivity contribution in [3.05, 3.63) is 62.7 Å². The zero-order valence-corrected chi connectivity index (χ0v) is 14.3. The van der Waals surface area contributed by atoms with E-state index in [2.05, 4.69) is 28.3 Å². The number of aromatic nitrogens is 1. The van der Waals surface area contributed by atoms with Gasteiger partial charge < -0.3 is 9.88 Å². The summed E-state index contributed by atoms with van der Waals surface area (Å²) in [5.41, 5.74) is 4.93. The number of fused-ring (bicyclic) bond motifs is 1. The summed E-state index contributed by atoms with van der Waals surface area (Å²) in [6.45, 7) is 3.96. The summed E-state index contributed by atoms with van der Waals surface area (Å²) in [7, 11) is 0. The van der Waals surface area contributed by atoms with Crippen molar-refractivity contribution in [2.45, 2.75) is 19.9 Å². The van der Waals surface area contributed by atoms with E-state index in [1.54, 1.807) is 23.5 Å². The Hall–Kier alpha value is -1.78. The zero-order chi connectivity index (χ0) is 16.0. The monoisotopic (exact) mass is 346 g/mol. The predicted octanol–water partition coefficient (Wildman–Crippen LogP) is 5.41. The Labute approximate surface area is 143 Å². The van der Waals surface area contributed by atoms with Crippen molar-refractivity contribution in [2.75, 3.05) is 11.4 Å². The second-order valence-electron chi connectivity index (χ2n) is 5.82. The molecular weight excluding hydrogens is 331 g/mol. The van der Waals surface area contributed by atoms with Gasteiger partial charge in [-0.1, -0.05) is 17.7 Å². The number of hydrogen-bond donors (Lipinski definition) is 1. The van der Waals surface area contributed by atoms with Crippen molar-refractivity contribution >= 4 is 28.6 Å². The van der Waals surface area contributed by atoms with Crippen molar-refractivity contribution in [3.8, 4) is 11.3 Å². The lowest BCUT2D eigenvalue weighted by Gasteiger charge is -2.28. The third kappa shape index (κ3) is 2.56. The molecule has 0 bridgehead atoms. The van der Waals surface area contributed by atoms with Gasteiger partial charge >= 0.3 is 0 Å². The second kappa shape index (κ2) is 5.69. The smallest absolute Gasteiger partial charge is 0.134 e. The predicted molar refractivity (Wildman–Crippen MR) is 95.0 cm³/mol. The molecular formula is C18H16ClFN2S. The normalized spacial score (nSPS) is 14.1. The maximum atomic E-state index is 14.1. The largest absolute Gasteiger partial charge is 0.366 e. The number of rotatable bonds is 2. The number of halogens is 2. The highest BCUT2D eigenvalue weighted by Crippen LogP contribution is 2.35. The van der Waals surface area contributed by atoms with Gasteiger partial charge in [0.1, 0.15) is 5.82 Å².